The second-order valence-electron chi connectivity index (χ2n) is 5.82. The summed E-state index contributed by atoms with van der Waals surface area (Å²) < 4.78 is 0. The minimum Gasteiger partial charge on any atom is -0.352 e. The first-order valence-corrected chi connectivity index (χ1v) is 7.02. The van der Waals surface area contributed by atoms with Crippen molar-refractivity contribution in [3.05, 3.63) is 0 Å². The Kier molecular flexibility index (Phi) is 9.02. The first kappa shape index (κ1) is 17.4. The Morgan fingerprint density at radius 3 is 2.28 bits per heavy atom. The Balaban J connectivity index is 4.16. The molecule has 0 aliphatic rings. The summed E-state index contributed by atoms with van der Waals surface area (Å²) in [4.78, 5) is 14.1. The van der Waals surface area contributed by atoms with Crippen LogP contribution >= 0.6 is 0 Å². The topological polar surface area (TPSA) is 44.4 Å². The van der Waals surface area contributed by atoms with Crippen molar-refractivity contribution >= 4 is 5.91 Å². The Hall–Kier alpha value is -0.610. The van der Waals surface area contributed by atoms with Crippen molar-refractivity contribution in [2.45, 2.75) is 52.6 Å². The summed E-state index contributed by atoms with van der Waals surface area (Å²) in [7, 11) is 4.08. The number of nitrogens with one attached hydrogen (secondary N) is 2. The van der Waals surface area contributed by atoms with Gasteiger partial charge in [0, 0.05) is 25.0 Å². The number of nitrogens with zero attached hydrogens (tertiary/aromatic N) is 1. The molecule has 0 bridgehead atoms. The fourth-order valence-corrected chi connectivity index (χ4v) is 2.17. The van der Waals surface area contributed by atoms with Gasteiger partial charge in [0.2, 0.25) is 5.91 Å². The summed E-state index contributed by atoms with van der Waals surface area (Å²) in [6, 6.07) is 0.496. The van der Waals surface area contributed by atoms with Gasteiger partial charge in [0.05, 0.1) is 0 Å². The monoisotopic (exact) mass is 257 g/mol. The molecule has 0 saturated heterocycles. The first-order valence-electron chi connectivity index (χ1n) is 7.02. The SMILES string of the molecule is CCNC(C)CC(=O)NC(CC(C)C)CN(C)C. The smallest absolute Gasteiger partial charge is 0.221 e. The quantitative estimate of drug-likeness (QED) is 0.657. The van der Waals surface area contributed by atoms with Gasteiger partial charge in [-0.15, -0.1) is 0 Å². The third kappa shape index (κ3) is 9.42. The van der Waals surface area contributed by atoms with Crippen LogP contribution in [0.5, 0.6) is 0 Å². The molecular formula is C14H31N3O. The van der Waals surface area contributed by atoms with Crippen LogP contribution in [0.15, 0.2) is 0 Å². The van der Waals surface area contributed by atoms with E-state index < -0.39 is 0 Å². The molecule has 0 aromatic heterocycles. The summed E-state index contributed by atoms with van der Waals surface area (Å²) in [6.07, 6.45) is 1.58. The molecule has 4 nitrogen and oxygen atoms in total. The van der Waals surface area contributed by atoms with Crippen LogP contribution in [-0.4, -0.2) is 50.1 Å². The van der Waals surface area contributed by atoms with Crippen LogP contribution in [0, 0.1) is 5.92 Å². The van der Waals surface area contributed by atoms with Gasteiger partial charge in [0.1, 0.15) is 0 Å². The number of carbonyl (C=O) groups excluding carboxylic acids is 1. The van der Waals surface area contributed by atoms with Gasteiger partial charge in [0.25, 0.3) is 0 Å². The van der Waals surface area contributed by atoms with Gasteiger partial charge >= 0.3 is 0 Å². The zero-order valence-corrected chi connectivity index (χ0v) is 12.9. The number of likely N-dealkylation sites (N-methyl/N-ethyl adjacent to an activating group) is 1. The van der Waals surface area contributed by atoms with Gasteiger partial charge in [-0.2, -0.15) is 0 Å². The fourth-order valence-electron chi connectivity index (χ4n) is 2.17. The molecule has 0 fully saturated rings. The highest BCUT2D eigenvalue weighted by atomic mass is 16.1. The third-order valence-electron chi connectivity index (χ3n) is 2.75. The fraction of sp³-hybridized carbons (Fsp3) is 0.929. The van der Waals surface area contributed by atoms with Gasteiger partial charge in [-0.1, -0.05) is 20.8 Å². The van der Waals surface area contributed by atoms with Gasteiger partial charge < -0.3 is 15.5 Å². The van der Waals surface area contributed by atoms with E-state index in [1.165, 1.54) is 0 Å². The summed E-state index contributed by atoms with van der Waals surface area (Å²) in [5, 5.41) is 6.41. The number of hydrogen-bond donors (Lipinski definition) is 2. The molecule has 0 aliphatic heterocycles. The lowest BCUT2D eigenvalue weighted by Gasteiger charge is -2.24. The van der Waals surface area contributed by atoms with Crippen LogP contribution < -0.4 is 10.6 Å². The van der Waals surface area contributed by atoms with Crippen molar-refractivity contribution in [1.29, 1.82) is 0 Å². The third-order valence-corrected chi connectivity index (χ3v) is 2.75. The van der Waals surface area contributed by atoms with Crippen LogP contribution in [0.4, 0.5) is 0 Å². The van der Waals surface area contributed by atoms with Crippen LogP contribution in [0.3, 0.4) is 0 Å². The first-order chi connectivity index (χ1) is 8.35. The van der Waals surface area contributed by atoms with Crippen molar-refractivity contribution < 1.29 is 4.79 Å². The zero-order chi connectivity index (χ0) is 14.1. The second-order valence-corrected chi connectivity index (χ2v) is 5.82. The van der Waals surface area contributed by atoms with Crippen molar-refractivity contribution in [3.63, 3.8) is 0 Å². The minimum atomic E-state index is 0.149. The van der Waals surface area contributed by atoms with E-state index in [1.807, 2.05) is 21.0 Å². The highest BCUT2D eigenvalue weighted by molar-refractivity contribution is 5.76. The van der Waals surface area contributed by atoms with E-state index in [1.54, 1.807) is 0 Å². The van der Waals surface area contributed by atoms with E-state index in [-0.39, 0.29) is 18.0 Å². The maximum Gasteiger partial charge on any atom is 0.221 e. The molecule has 4 heteroatoms. The molecule has 0 saturated carbocycles. The van der Waals surface area contributed by atoms with Crippen molar-refractivity contribution in [3.8, 4) is 0 Å². The van der Waals surface area contributed by atoms with E-state index in [2.05, 4.69) is 36.3 Å². The molecule has 0 spiro atoms. The lowest BCUT2D eigenvalue weighted by atomic mass is 10.0. The summed E-state index contributed by atoms with van der Waals surface area (Å²) >= 11 is 0. The average Bonchev–Trinajstić information content (AvgIpc) is 2.14. The highest BCUT2D eigenvalue weighted by Crippen LogP contribution is 2.06. The Morgan fingerprint density at radius 1 is 1.22 bits per heavy atom. The van der Waals surface area contributed by atoms with Crippen molar-refractivity contribution in [2.24, 2.45) is 5.92 Å². The predicted molar refractivity (Wildman–Crippen MR) is 77.7 cm³/mol. The number of carbonyl (C=O) groups is 1. The maximum atomic E-state index is 11.9. The Labute approximate surface area is 113 Å². The molecule has 108 valence electrons. The van der Waals surface area contributed by atoms with Crippen LogP contribution in [0.1, 0.15) is 40.5 Å². The molecule has 0 aromatic carbocycles. The lowest BCUT2D eigenvalue weighted by molar-refractivity contribution is -0.122. The van der Waals surface area contributed by atoms with Crippen molar-refractivity contribution in [1.82, 2.24) is 15.5 Å². The van der Waals surface area contributed by atoms with Crippen LogP contribution in [-0.2, 0) is 4.79 Å². The van der Waals surface area contributed by atoms with E-state index in [0.717, 1.165) is 19.5 Å². The van der Waals surface area contributed by atoms with Gasteiger partial charge in [-0.05, 0) is 39.9 Å². The largest absolute Gasteiger partial charge is 0.352 e. The normalized spacial score (nSPS) is 14.9. The summed E-state index contributed by atoms with van der Waals surface area (Å²) in [5.41, 5.74) is 0. The Morgan fingerprint density at radius 2 is 1.83 bits per heavy atom. The number of rotatable bonds is 9. The minimum absolute atomic E-state index is 0.149. The van der Waals surface area contributed by atoms with Gasteiger partial charge in [-0.25, -0.2) is 0 Å². The van der Waals surface area contributed by atoms with Gasteiger partial charge in [0.15, 0.2) is 0 Å². The molecule has 2 atom stereocenters. The van der Waals surface area contributed by atoms with E-state index in [9.17, 15) is 4.79 Å². The molecule has 1 amide bonds. The average molecular weight is 257 g/mol. The Bertz CT molecular complexity index is 219. The molecule has 18 heavy (non-hydrogen) atoms. The molecule has 2 unspecified atom stereocenters. The van der Waals surface area contributed by atoms with E-state index >= 15 is 0 Å². The molecule has 2 N–H and O–H groups in total. The van der Waals surface area contributed by atoms with Gasteiger partial charge in [-0.3, -0.25) is 4.79 Å². The van der Waals surface area contributed by atoms with E-state index in [4.69, 9.17) is 0 Å². The van der Waals surface area contributed by atoms with Crippen molar-refractivity contribution in [2.75, 3.05) is 27.2 Å². The summed E-state index contributed by atoms with van der Waals surface area (Å²) in [5.74, 6) is 0.748. The molecule has 0 rings (SSSR count). The number of amides is 1. The van der Waals surface area contributed by atoms with E-state index in [0.29, 0.717) is 12.3 Å². The standard InChI is InChI=1S/C14H31N3O/c1-7-15-12(4)9-14(18)16-13(8-11(2)3)10-17(5)6/h11-13,15H,7-10H2,1-6H3,(H,16,18). The van der Waals surface area contributed by atoms with Crippen LogP contribution in [0.25, 0.3) is 0 Å². The maximum absolute atomic E-state index is 11.9. The predicted octanol–water partition coefficient (Wildman–Crippen LogP) is 1.47. The lowest BCUT2D eigenvalue weighted by Crippen LogP contribution is -2.44. The number of hydrogen-bond acceptors (Lipinski definition) is 3. The highest BCUT2D eigenvalue weighted by Gasteiger charge is 2.16. The van der Waals surface area contributed by atoms with Crippen LogP contribution in [0.2, 0.25) is 0 Å². The second kappa shape index (κ2) is 9.34. The molecule has 0 aromatic rings. The summed E-state index contributed by atoms with van der Waals surface area (Å²) in [6.45, 7) is 10.3. The molecule has 0 aliphatic carbocycles. The zero-order valence-electron chi connectivity index (χ0n) is 12.9. The molecule has 0 radical (unpaired) electrons. The molecule has 0 heterocycles. The molecular weight excluding hydrogens is 226 g/mol.